The van der Waals surface area contributed by atoms with Crippen LogP contribution in [0, 0.1) is 0 Å². The highest BCUT2D eigenvalue weighted by atomic mass is 127. The summed E-state index contributed by atoms with van der Waals surface area (Å²) in [7, 11) is 0. The number of guanidine groups is 1. The van der Waals surface area contributed by atoms with Crippen LogP contribution in [0.4, 0.5) is 8.78 Å². The van der Waals surface area contributed by atoms with Crippen molar-refractivity contribution < 1.29 is 18.3 Å². The van der Waals surface area contributed by atoms with E-state index < -0.39 is 6.61 Å². The molecule has 0 aromatic heterocycles. The molecule has 0 saturated carbocycles. The molecule has 0 atom stereocenters. The summed E-state index contributed by atoms with van der Waals surface area (Å²) >= 11 is 0. The second kappa shape index (κ2) is 12.2. The standard InChI is InChI=1S/C16H24F2N4O2.HI/c17-15(18)24-14-5-2-1-4-13(14)12-21-16(19)20-6-3-7-22-8-10-23-11-9-22;/h1-2,4-5,15H,3,6-12H2,(H3,19,20,21);1H. The maximum Gasteiger partial charge on any atom is 0.387 e. The molecule has 1 aliphatic rings. The van der Waals surface area contributed by atoms with E-state index in [1.807, 2.05) is 0 Å². The smallest absolute Gasteiger partial charge is 0.387 e. The van der Waals surface area contributed by atoms with E-state index in [1.54, 1.807) is 18.2 Å². The molecule has 0 aliphatic carbocycles. The van der Waals surface area contributed by atoms with Crippen LogP contribution >= 0.6 is 24.0 Å². The van der Waals surface area contributed by atoms with E-state index >= 15 is 0 Å². The third kappa shape index (κ3) is 8.63. The molecular formula is C16H25F2IN4O2. The van der Waals surface area contributed by atoms with Crippen LogP contribution in [0.1, 0.15) is 12.0 Å². The lowest BCUT2D eigenvalue weighted by Crippen LogP contribution is -2.39. The fourth-order valence-electron chi connectivity index (χ4n) is 2.42. The summed E-state index contributed by atoms with van der Waals surface area (Å²) in [6.07, 6.45) is 0.946. The van der Waals surface area contributed by atoms with Gasteiger partial charge in [0.25, 0.3) is 0 Å². The summed E-state index contributed by atoms with van der Waals surface area (Å²) in [6, 6.07) is 6.56. The van der Waals surface area contributed by atoms with Gasteiger partial charge in [-0.1, -0.05) is 18.2 Å². The Labute approximate surface area is 163 Å². The first-order chi connectivity index (χ1) is 11.6. The number of nitrogens with zero attached hydrogens (tertiary/aromatic N) is 2. The van der Waals surface area contributed by atoms with Crippen molar-refractivity contribution in [1.82, 2.24) is 10.2 Å². The summed E-state index contributed by atoms with van der Waals surface area (Å²) in [5.41, 5.74) is 6.37. The quantitative estimate of drug-likeness (QED) is 0.264. The molecule has 0 radical (unpaired) electrons. The van der Waals surface area contributed by atoms with Crippen LogP contribution < -0.4 is 15.8 Å². The van der Waals surface area contributed by atoms with Gasteiger partial charge in [-0.25, -0.2) is 4.99 Å². The summed E-state index contributed by atoms with van der Waals surface area (Å²) < 4.78 is 34.5. The average Bonchev–Trinajstić information content (AvgIpc) is 2.58. The lowest BCUT2D eigenvalue weighted by molar-refractivity contribution is -0.0504. The Hall–Kier alpha value is -1.20. The first-order valence-corrected chi connectivity index (χ1v) is 8.02. The molecule has 2 rings (SSSR count). The largest absolute Gasteiger partial charge is 0.434 e. The summed E-state index contributed by atoms with van der Waals surface area (Å²) in [4.78, 5) is 6.52. The molecule has 142 valence electrons. The van der Waals surface area contributed by atoms with Gasteiger partial charge in [-0.15, -0.1) is 24.0 Å². The zero-order valence-corrected chi connectivity index (χ0v) is 16.3. The number of ether oxygens (including phenoxy) is 2. The van der Waals surface area contributed by atoms with Crippen molar-refractivity contribution in [1.29, 1.82) is 0 Å². The molecule has 1 aliphatic heterocycles. The van der Waals surface area contributed by atoms with Crippen LogP contribution in [-0.2, 0) is 11.3 Å². The minimum absolute atomic E-state index is 0. The fourth-order valence-corrected chi connectivity index (χ4v) is 2.42. The molecule has 9 heteroatoms. The summed E-state index contributed by atoms with van der Waals surface area (Å²) in [5, 5.41) is 3.03. The van der Waals surface area contributed by atoms with Crippen molar-refractivity contribution in [2.45, 2.75) is 19.6 Å². The Kier molecular flexibility index (Phi) is 10.7. The van der Waals surface area contributed by atoms with E-state index in [-0.39, 0.29) is 36.3 Å². The Morgan fingerprint density at radius 2 is 2.04 bits per heavy atom. The van der Waals surface area contributed by atoms with Gasteiger partial charge in [0.2, 0.25) is 0 Å². The normalized spacial score (nSPS) is 15.7. The first-order valence-electron chi connectivity index (χ1n) is 8.02. The van der Waals surface area contributed by atoms with Crippen LogP contribution in [0.25, 0.3) is 0 Å². The molecule has 1 fully saturated rings. The van der Waals surface area contributed by atoms with Crippen LogP contribution in [-0.4, -0.2) is 56.9 Å². The second-order valence-corrected chi connectivity index (χ2v) is 5.42. The number of rotatable bonds is 8. The number of morpholine rings is 1. The zero-order valence-electron chi connectivity index (χ0n) is 14.0. The fraction of sp³-hybridized carbons (Fsp3) is 0.562. The number of halogens is 3. The highest BCUT2D eigenvalue weighted by Crippen LogP contribution is 2.20. The monoisotopic (exact) mass is 470 g/mol. The van der Waals surface area contributed by atoms with Crippen molar-refractivity contribution in [3.8, 4) is 5.75 Å². The summed E-state index contributed by atoms with van der Waals surface area (Å²) in [5.74, 6) is 0.417. The van der Waals surface area contributed by atoms with Gasteiger partial charge in [0.05, 0.1) is 19.8 Å². The topological polar surface area (TPSA) is 72.1 Å². The Morgan fingerprint density at radius 1 is 1.32 bits per heavy atom. The number of nitrogens with two attached hydrogens (primary N) is 1. The minimum Gasteiger partial charge on any atom is -0.434 e. The Bertz CT molecular complexity index is 529. The number of alkyl halides is 2. The molecule has 0 bridgehead atoms. The SMILES string of the molecule is I.NC(=NCc1ccccc1OC(F)F)NCCCN1CCOCC1. The number of aliphatic imine (C=N–C) groups is 1. The second-order valence-electron chi connectivity index (χ2n) is 5.42. The van der Waals surface area contributed by atoms with Crippen LogP contribution in [0.2, 0.25) is 0 Å². The van der Waals surface area contributed by atoms with Gasteiger partial charge in [0, 0.05) is 25.2 Å². The van der Waals surface area contributed by atoms with E-state index in [4.69, 9.17) is 10.5 Å². The predicted octanol–water partition coefficient (Wildman–Crippen LogP) is 2.03. The number of para-hydroxylation sites is 1. The van der Waals surface area contributed by atoms with Crippen molar-refractivity contribution >= 4 is 29.9 Å². The third-order valence-corrected chi connectivity index (χ3v) is 3.67. The van der Waals surface area contributed by atoms with Crippen molar-refractivity contribution in [3.05, 3.63) is 29.8 Å². The Morgan fingerprint density at radius 3 is 2.76 bits per heavy atom. The molecule has 0 spiro atoms. The Balaban J connectivity index is 0.00000312. The van der Waals surface area contributed by atoms with Gasteiger partial charge in [0.15, 0.2) is 5.96 Å². The summed E-state index contributed by atoms with van der Waals surface area (Å²) in [6.45, 7) is 2.52. The molecule has 1 aromatic carbocycles. The molecule has 0 unspecified atom stereocenters. The van der Waals surface area contributed by atoms with E-state index in [9.17, 15) is 8.78 Å². The average molecular weight is 470 g/mol. The molecule has 1 heterocycles. The molecule has 25 heavy (non-hydrogen) atoms. The molecule has 1 saturated heterocycles. The minimum atomic E-state index is -2.86. The van der Waals surface area contributed by atoms with E-state index in [0.717, 1.165) is 39.3 Å². The predicted molar refractivity (Wildman–Crippen MR) is 104 cm³/mol. The van der Waals surface area contributed by atoms with E-state index in [0.29, 0.717) is 18.1 Å². The lowest BCUT2D eigenvalue weighted by atomic mass is 10.2. The van der Waals surface area contributed by atoms with E-state index in [2.05, 4.69) is 19.9 Å². The highest BCUT2D eigenvalue weighted by molar-refractivity contribution is 14.0. The van der Waals surface area contributed by atoms with Gasteiger partial charge in [-0.3, -0.25) is 4.90 Å². The van der Waals surface area contributed by atoms with Crippen molar-refractivity contribution in [3.63, 3.8) is 0 Å². The number of hydrogen-bond acceptors (Lipinski definition) is 4. The maximum absolute atomic E-state index is 12.4. The molecule has 6 nitrogen and oxygen atoms in total. The van der Waals surface area contributed by atoms with Crippen LogP contribution in [0.3, 0.4) is 0 Å². The molecule has 1 aromatic rings. The molecular weight excluding hydrogens is 445 g/mol. The third-order valence-electron chi connectivity index (χ3n) is 3.67. The molecule has 0 amide bonds. The first kappa shape index (κ1) is 21.8. The van der Waals surface area contributed by atoms with Crippen molar-refractivity contribution in [2.24, 2.45) is 10.7 Å². The lowest BCUT2D eigenvalue weighted by Gasteiger charge is -2.26. The van der Waals surface area contributed by atoms with Gasteiger partial charge in [-0.05, 0) is 19.0 Å². The zero-order chi connectivity index (χ0) is 17.2. The van der Waals surface area contributed by atoms with Gasteiger partial charge in [-0.2, -0.15) is 8.78 Å². The number of hydrogen-bond donors (Lipinski definition) is 2. The molecule has 3 N–H and O–H groups in total. The number of benzene rings is 1. The van der Waals surface area contributed by atoms with Crippen LogP contribution in [0.15, 0.2) is 29.3 Å². The highest BCUT2D eigenvalue weighted by Gasteiger charge is 2.10. The van der Waals surface area contributed by atoms with Gasteiger partial charge in [0.1, 0.15) is 5.75 Å². The maximum atomic E-state index is 12.4. The van der Waals surface area contributed by atoms with E-state index in [1.165, 1.54) is 6.07 Å². The van der Waals surface area contributed by atoms with Crippen molar-refractivity contribution in [2.75, 3.05) is 39.4 Å². The van der Waals surface area contributed by atoms with Gasteiger partial charge >= 0.3 is 6.61 Å². The van der Waals surface area contributed by atoms with Gasteiger partial charge < -0.3 is 20.5 Å². The van der Waals surface area contributed by atoms with Crippen LogP contribution in [0.5, 0.6) is 5.75 Å². The number of nitrogens with one attached hydrogen (secondary N) is 1.